The zero-order valence-electron chi connectivity index (χ0n) is 14.4. The Hall–Kier alpha value is -0.360. The number of hydrogen-bond donors (Lipinski definition) is 1. The Kier molecular flexibility index (Phi) is 8.46. The number of rotatable bonds is 9. The SMILES string of the molecule is CCS(=O)(=O)NC(CCSC)C(=O)N1CCN(S(=O)(=O)CC)CC1. The largest absolute Gasteiger partial charge is 0.339 e. The third-order valence-corrected chi connectivity index (χ3v) is 7.85. The van der Waals surface area contributed by atoms with Gasteiger partial charge < -0.3 is 4.90 Å². The minimum absolute atomic E-state index is 0.0353. The number of carbonyl (C=O) groups excluding carboxylic acids is 1. The normalized spacial score (nSPS) is 18.5. The first-order chi connectivity index (χ1) is 11.2. The van der Waals surface area contributed by atoms with Gasteiger partial charge in [-0.25, -0.2) is 21.6 Å². The molecule has 0 spiro atoms. The smallest absolute Gasteiger partial charge is 0.240 e. The molecule has 8 nitrogen and oxygen atoms in total. The molecule has 0 radical (unpaired) electrons. The van der Waals surface area contributed by atoms with Crippen LogP contribution in [0.25, 0.3) is 0 Å². The van der Waals surface area contributed by atoms with E-state index in [9.17, 15) is 21.6 Å². The Morgan fingerprint density at radius 1 is 1.08 bits per heavy atom. The van der Waals surface area contributed by atoms with Crippen LogP contribution in [0.4, 0.5) is 0 Å². The van der Waals surface area contributed by atoms with Crippen LogP contribution in [0.3, 0.4) is 0 Å². The van der Waals surface area contributed by atoms with Gasteiger partial charge in [0.15, 0.2) is 0 Å². The zero-order valence-corrected chi connectivity index (χ0v) is 16.8. The van der Waals surface area contributed by atoms with Crippen molar-refractivity contribution in [3.8, 4) is 0 Å². The Morgan fingerprint density at radius 2 is 1.67 bits per heavy atom. The molecule has 1 fully saturated rings. The second-order valence-electron chi connectivity index (χ2n) is 5.48. The van der Waals surface area contributed by atoms with Gasteiger partial charge in [-0.3, -0.25) is 4.79 Å². The zero-order chi connectivity index (χ0) is 18.4. The van der Waals surface area contributed by atoms with Gasteiger partial charge in [0.25, 0.3) is 0 Å². The monoisotopic (exact) mass is 401 g/mol. The highest BCUT2D eigenvalue weighted by atomic mass is 32.2. The Bertz CT molecular complexity index is 613. The average molecular weight is 402 g/mol. The lowest BCUT2D eigenvalue weighted by molar-refractivity contribution is -0.134. The van der Waals surface area contributed by atoms with Gasteiger partial charge in [-0.1, -0.05) is 0 Å². The third-order valence-electron chi connectivity index (χ3n) is 3.92. The summed E-state index contributed by atoms with van der Waals surface area (Å²) in [6.07, 6.45) is 2.30. The summed E-state index contributed by atoms with van der Waals surface area (Å²) in [4.78, 5) is 14.2. The predicted molar refractivity (Wildman–Crippen MR) is 97.0 cm³/mol. The molecule has 24 heavy (non-hydrogen) atoms. The van der Waals surface area contributed by atoms with Crippen molar-refractivity contribution in [2.75, 3.05) is 49.7 Å². The molecule has 0 saturated carbocycles. The fourth-order valence-corrected chi connectivity index (χ4v) is 4.73. The molecule has 0 aliphatic carbocycles. The first-order valence-corrected chi connectivity index (χ1v) is 12.6. The lowest BCUT2D eigenvalue weighted by Crippen LogP contribution is -2.56. The van der Waals surface area contributed by atoms with E-state index in [1.807, 2.05) is 6.26 Å². The molecular weight excluding hydrogens is 374 g/mol. The van der Waals surface area contributed by atoms with E-state index < -0.39 is 26.1 Å². The van der Waals surface area contributed by atoms with Crippen LogP contribution in [0.15, 0.2) is 0 Å². The summed E-state index contributed by atoms with van der Waals surface area (Å²) in [6.45, 7) is 4.16. The van der Waals surface area contributed by atoms with Crippen LogP contribution in [-0.2, 0) is 24.8 Å². The third kappa shape index (κ3) is 6.17. The fraction of sp³-hybridized carbons (Fsp3) is 0.923. The highest BCUT2D eigenvalue weighted by Gasteiger charge is 2.32. The van der Waals surface area contributed by atoms with Crippen molar-refractivity contribution in [1.29, 1.82) is 0 Å². The van der Waals surface area contributed by atoms with E-state index in [-0.39, 0.29) is 43.6 Å². The standard InChI is InChI=1S/C13H27N3O5S3/c1-4-23(18,19)14-12(6-11-22-3)13(17)15-7-9-16(10-8-15)24(20,21)5-2/h12,14H,4-11H2,1-3H3. The molecule has 11 heteroatoms. The van der Waals surface area contributed by atoms with Crippen LogP contribution < -0.4 is 4.72 Å². The molecule has 1 atom stereocenters. The van der Waals surface area contributed by atoms with E-state index in [2.05, 4.69) is 4.72 Å². The van der Waals surface area contributed by atoms with E-state index >= 15 is 0 Å². The number of amides is 1. The maximum Gasteiger partial charge on any atom is 0.240 e. The van der Waals surface area contributed by atoms with Gasteiger partial charge in [0.1, 0.15) is 6.04 Å². The number of nitrogens with zero attached hydrogens (tertiary/aromatic N) is 2. The molecular formula is C13H27N3O5S3. The lowest BCUT2D eigenvalue weighted by Gasteiger charge is -2.35. The molecule has 0 aromatic rings. The van der Waals surface area contributed by atoms with Crippen molar-refractivity contribution in [3.63, 3.8) is 0 Å². The van der Waals surface area contributed by atoms with Crippen LogP contribution in [0.2, 0.25) is 0 Å². The van der Waals surface area contributed by atoms with Crippen LogP contribution in [-0.4, -0.2) is 87.7 Å². The molecule has 1 N–H and O–H groups in total. The quantitative estimate of drug-likeness (QED) is 0.561. The number of piperazine rings is 1. The first-order valence-electron chi connectivity index (χ1n) is 7.92. The molecule has 0 aromatic heterocycles. The number of nitrogens with one attached hydrogen (secondary N) is 1. The summed E-state index contributed by atoms with van der Waals surface area (Å²) < 4.78 is 51.2. The second-order valence-corrected chi connectivity index (χ2v) is 10.8. The maximum atomic E-state index is 12.6. The highest BCUT2D eigenvalue weighted by Crippen LogP contribution is 2.12. The number of hydrogen-bond acceptors (Lipinski definition) is 6. The molecule has 142 valence electrons. The first kappa shape index (κ1) is 21.7. The molecule has 1 saturated heterocycles. The Morgan fingerprint density at radius 3 is 2.12 bits per heavy atom. The van der Waals surface area contributed by atoms with Crippen LogP contribution in [0, 0.1) is 0 Å². The summed E-state index contributed by atoms with van der Waals surface area (Å²) in [6, 6.07) is -0.795. The van der Waals surface area contributed by atoms with Crippen molar-refractivity contribution < 1.29 is 21.6 Å². The van der Waals surface area contributed by atoms with E-state index in [4.69, 9.17) is 0 Å². The van der Waals surface area contributed by atoms with E-state index in [0.717, 1.165) is 0 Å². The molecule has 1 amide bonds. The maximum absolute atomic E-state index is 12.6. The van der Waals surface area contributed by atoms with Gasteiger partial charge in [0.05, 0.1) is 11.5 Å². The van der Waals surface area contributed by atoms with Gasteiger partial charge in [0.2, 0.25) is 26.0 Å². The molecule has 1 aliphatic heterocycles. The van der Waals surface area contributed by atoms with E-state index in [1.165, 1.54) is 11.2 Å². The van der Waals surface area contributed by atoms with Crippen LogP contribution in [0.1, 0.15) is 20.3 Å². The molecule has 0 bridgehead atoms. The van der Waals surface area contributed by atoms with Crippen molar-refractivity contribution in [1.82, 2.24) is 13.9 Å². The minimum Gasteiger partial charge on any atom is -0.339 e. The summed E-state index contributed by atoms with van der Waals surface area (Å²) in [5.41, 5.74) is 0. The van der Waals surface area contributed by atoms with Gasteiger partial charge in [-0.15, -0.1) is 0 Å². The Labute approximate surface area is 149 Å². The van der Waals surface area contributed by atoms with Gasteiger partial charge in [-0.05, 0) is 32.3 Å². The van der Waals surface area contributed by atoms with Crippen molar-refractivity contribution in [2.24, 2.45) is 0 Å². The van der Waals surface area contributed by atoms with Gasteiger partial charge >= 0.3 is 0 Å². The number of carbonyl (C=O) groups is 1. The van der Waals surface area contributed by atoms with Crippen LogP contribution >= 0.6 is 11.8 Å². The topological polar surface area (TPSA) is 104 Å². The van der Waals surface area contributed by atoms with E-state index in [1.54, 1.807) is 23.6 Å². The fourth-order valence-electron chi connectivity index (χ4n) is 2.36. The summed E-state index contributed by atoms with van der Waals surface area (Å²) in [5.74, 6) is 0.327. The van der Waals surface area contributed by atoms with Crippen LogP contribution in [0.5, 0.6) is 0 Å². The molecule has 1 aliphatic rings. The van der Waals surface area contributed by atoms with E-state index in [0.29, 0.717) is 12.2 Å². The summed E-state index contributed by atoms with van der Waals surface area (Å²) in [7, 11) is -6.74. The lowest BCUT2D eigenvalue weighted by atomic mass is 10.2. The van der Waals surface area contributed by atoms with Crippen molar-refractivity contribution in [2.45, 2.75) is 26.3 Å². The summed E-state index contributed by atoms with van der Waals surface area (Å²) >= 11 is 1.54. The Balaban J connectivity index is 2.74. The average Bonchev–Trinajstić information content (AvgIpc) is 2.58. The second kappa shape index (κ2) is 9.37. The molecule has 1 heterocycles. The molecule has 1 unspecified atom stereocenters. The number of thioether (sulfide) groups is 1. The highest BCUT2D eigenvalue weighted by molar-refractivity contribution is 7.98. The molecule has 0 aromatic carbocycles. The van der Waals surface area contributed by atoms with Gasteiger partial charge in [0, 0.05) is 26.2 Å². The summed E-state index contributed by atoms with van der Waals surface area (Å²) in [5, 5.41) is 0. The molecule has 1 rings (SSSR count). The van der Waals surface area contributed by atoms with Crippen molar-refractivity contribution >= 4 is 37.7 Å². The minimum atomic E-state index is -3.48. The van der Waals surface area contributed by atoms with Gasteiger partial charge in [-0.2, -0.15) is 16.1 Å². The van der Waals surface area contributed by atoms with Crippen molar-refractivity contribution in [3.05, 3.63) is 0 Å². The number of sulfonamides is 2. The predicted octanol–water partition coefficient (Wildman–Crippen LogP) is -0.459.